The summed E-state index contributed by atoms with van der Waals surface area (Å²) in [6, 6.07) is 6.05. The fraction of sp³-hybridized carbons (Fsp3) is 0.417. The third kappa shape index (κ3) is 4.47. The molecule has 3 aromatic rings. The van der Waals surface area contributed by atoms with Crippen LogP contribution in [0.4, 0.5) is 10.5 Å². The van der Waals surface area contributed by atoms with Gasteiger partial charge in [-0.05, 0) is 31.0 Å². The van der Waals surface area contributed by atoms with Gasteiger partial charge in [-0.1, -0.05) is 23.7 Å². The molecule has 2 aromatic heterocycles. The van der Waals surface area contributed by atoms with Gasteiger partial charge < -0.3 is 9.80 Å². The fourth-order valence-corrected chi connectivity index (χ4v) is 5.80. The Morgan fingerprint density at radius 2 is 2.06 bits per heavy atom. The molecular weight excluding hydrogens is 472 g/mol. The van der Waals surface area contributed by atoms with E-state index in [2.05, 4.69) is 27.1 Å². The van der Waals surface area contributed by atoms with Crippen molar-refractivity contribution < 1.29 is 9.59 Å². The maximum atomic E-state index is 13.0. The first-order valence-electron chi connectivity index (χ1n) is 11.3. The lowest BCUT2D eigenvalue weighted by molar-refractivity contribution is -0.116. The Bertz CT molecular complexity index is 1210. The first kappa shape index (κ1) is 23.0. The predicted octanol–water partition coefficient (Wildman–Crippen LogP) is 4.21. The molecular formula is C24H27ClN6O2S. The molecule has 0 N–H and O–H groups in total. The van der Waals surface area contributed by atoms with Gasteiger partial charge in [0.2, 0.25) is 5.91 Å². The number of aromatic nitrogens is 3. The fourth-order valence-electron chi connectivity index (χ4n) is 4.93. The quantitative estimate of drug-likeness (QED) is 0.538. The molecule has 2 amide bonds. The van der Waals surface area contributed by atoms with Crippen LogP contribution in [-0.4, -0.2) is 69.7 Å². The SMILES string of the molecule is CC(=O)N(C)c1cnn(C(=O)N2CCC3(CCN(Cc4ccc(-c5nccs5)cc4Cl)C3)C2)c1. The number of hydrogen-bond donors (Lipinski definition) is 0. The van der Waals surface area contributed by atoms with Crippen molar-refractivity contribution in [3.63, 3.8) is 0 Å². The zero-order chi connectivity index (χ0) is 23.9. The van der Waals surface area contributed by atoms with Crippen LogP contribution in [0.25, 0.3) is 10.6 Å². The van der Waals surface area contributed by atoms with E-state index in [0.29, 0.717) is 12.2 Å². The van der Waals surface area contributed by atoms with E-state index in [0.717, 1.165) is 60.2 Å². The van der Waals surface area contributed by atoms with Crippen LogP contribution in [0.2, 0.25) is 5.02 Å². The number of benzene rings is 1. The van der Waals surface area contributed by atoms with Crippen molar-refractivity contribution in [3.8, 4) is 10.6 Å². The Morgan fingerprint density at radius 3 is 2.79 bits per heavy atom. The van der Waals surface area contributed by atoms with Crippen LogP contribution in [0, 0.1) is 5.41 Å². The highest BCUT2D eigenvalue weighted by atomic mass is 35.5. The van der Waals surface area contributed by atoms with E-state index in [1.54, 1.807) is 37.0 Å². The zero-order valence-electron chi connectivity index (χ0n) is 19.3. The van der Waals surface area contributed by atoms with E-state index in [1.165, 1.54) is 16.5 Å². The Balaban J connectivity index is 1.20. The summed E-state index contributed by atoms with van der Waals surface area (Å²) in [4.78, 5) is 34.8. The second kappa shape index (κ2) is 9.13. The number of likely N-dealkylation sites (tertiary alicyclic amines) is 2. The lowest BCUT2D eigenvalue weighted by atomic mass is 9.86. The highest BCUT2D eigenvalue weighted by molar-refractivity contribution is 7.13. The van der Waals surface area contributed by atoms with Gasteiger partial charge in [0.1, 0.15) is 5.01 Å². The lowest BCUT2D eigenvalue weighted by Gasteiger charge is -2.25. The van der Waals surface area contributed by atoms with Crippen LogP contribution in [0.15, 0.2) is 42.2 Å². The smallest absolute Gasteiger partial charge is 0.322 e. The number of hydrogen-bond acceptors (Lipinski definition) is 6. The van der Waals surface area contributed by atoms with Crippen LogP contribution in [0.1, 0.15) is 25.3 Å². The molecule has 0 saturated carbocycles. The van der Waals surface area contributed by atoms with E-state index < -0.39 is 0 Å². The van der Waals surface area contributed by atoms with Gasteiger partial charge in [0.05, 0.1) is 18.1 Å². The van der Waals surface area contributed by atoms with Crippen LogP contribution in [0.3, 0.4) is 0 Å². The van der Waals surface area contributed by atoms with E-state index in [9.17, 15) is 9.59 Å². The van der Waals surface area contributed by atoms with E-state index in [4.69, 9.17) is 11.6 Å². The van der Waals surface area contributed by atoms with Gasteiger partial charge in [0.15, 0.2) is 0 Å². The predicted molar refractivity (Wildman–Crippen MR) is 133 cm³/mol. The number of rotatable bonds is 4. The minimum absolute atomic E-state index is 0.101. The van der Waals surface area contributed by atoms with Crippen molar-refractivity contribution in [2.24, 2.45) is 5.41 Å². The van der Waals surface area contributed by atoms with Crippen molar-refractivity contribution >= 4 is 40.6 Å². The summed E-state index contributed by atoms with van der Waals surface area (Å²) < 4.78 is 1.34. The Hall–Kier alpha value is -2.75. The molecule has 0 radical (unpaired) electrons. The average Bonchev–Trinajstić information content (AvgIpc) is 3.63. The normalized spacial score (nSPS) is 20.4. The minimum Gasteiger partial charge on any atom is -0.322 e. The monoisotopic (exact) mass is 498 g/mol. The minimum atomic E-state index is -0.139. The van der Waals surface area contributed by atoms with E-state index >= 15 is 0 Å². The van der Waals surface area contributed by atoms with Crippen molar-refractivity contribution in [2.45, 2.75) is 26.3 Å². The van der Waals surface area contributed by atoms with Crippen LogP contribution >= 0.6 is 22.9 Å². The zero-order valence-corrected chi connectivity index (χ0v) is 20.8. The molecule has 1 aromatic carbocycles. The molecule has 0 aliphatic carbocycles. The number of anilines is 1. The molecule has 5 rings (SSSR count). The van der Waals surface area contributed by atoms with Gasteiger partial charge in [0, 0.05) is 67.7 Å². The number of halogens is 1. The molecule has 2 saturated heterocycles. The second-order valence-electron chi connectivity index (χ2n) is 9.28. The number of carbonyl (C=O) groups excluding carboxylic acids is 2. The summed E-state index contributed by atoms with van der Waals surface area (Å²) in [5, 5.41) is 7.89. The summed E-state index contributed by atoms with van der Waals surface area (Å²) in [6.07, 6.45) is 7.01. The van der Waals surface area contributed by atoms with Crippen LogP contribution in [0.5, 0.6) is 0 Å². The summed E-state index contributed by atoms with van der Waals surface area (Å²) in [5.74, 6) is -0.101. The van der Waals surface area contributed by atoms with E-state index in [1.807, 2.05) is 16.3 Å². The number of thiazole rings is 1. The largest absolute Gasteiger partial charge is 0.344 e. The third-order valence-electron chi connectivity index (χ3n) is 6.98. The lowest BCUT2D eigenvalue weighted by Crippen LogP contribution is -2.36. The summed E-state index contributed by atoms with van der Waals surface area (Å²) in [7, 11) is 1.67. The molecule has 1 spiro atoms. The number of carbonyl (C=O) groups is 2. The highest BCUT2D eigenvalue weighted by Gasteiger charge is 2.45. The first-order chi connectivity index (χ1) is 16.3. The van der Waals surface area contributed by atoms with Crippen LogP contribution < -0.4 is 4.90 Å². The van der Waals surface area contributed by atoms with Crippen molar-refractivity contribution in [1.82, 2.24) is 24.6 Å². The molecule has 8 nitrogen and oxygen atoms in total. The second-order valence-corrected chi connectivity index (χ2v) is 10.6. The average molecular weight is 499 g/mol. The molecule has 2 fully saturated rings. The molecule has 2 aliphatic rings. The summed E-state index contributed by atoms with van der Waals surface area (Å²) in [5.41, 5.74) is 2.88. The molecule has 2 aliphatic heterocycles. The van der Waals surface area contributed by atoms with Crippen molar-refractivity contribution in [1.29, 1.82) is 0 Å². The van der Waals surface area contributed by atoms with Gasteiger partial charge in [-0.2, -0.15) is 9.78 Å². The third-order valence-corrected chi connectivity index (χ3v) is 8.15. The Kier molecular flexibility index (Phi) is 6.18. The molecule has 178 valence electrons. The highest BCUT2D eigenvalue weighted by Crippen LogP contribution is 2.40. The van der Waals surface area contributed by atoms with Gasteiger partial charge in [-0.25, -0.2) is 9.78 Å². The maximum Gasteiger partial charge on any atom is 0.344 e. The first-order valence-corrected chi connectivity index (χ1v) is 12.6. The van der Waals surface area contributed by atoms with Crippen LogP contribution in [-0.2, 0) is 11.3 Å². The molecule has 34 heavy (non-hydrogen) atoms. The van der Waals surface area contributed by atoms with Crippen molar-refractivity contribution in [2.75, 3.05) is 38.1 Å². The number of nitrogens with zero attached hydrogens (tertiary/aromatic N) is 6. The van der Waals surface area contributed by atoms with Crippen molar-refractivity contribution in [3.05, 3.63) is 52.8 Å². The van der Waals surface area contributed by atoms with Gasteiger partial charge >= 0.3 is 6.03 Å². The topological polar surface area (TPSA) is 74.6 Å². The number of amides is 2. The molecule has 4 heterocycles. The summed E-state index contributed by atoms with van der Waals surface area (Å²) in [6.45, 7) is 5.65. The molecule has 0 bridgehead atoms. The van der Waals surface area contributed by atoms with E-state index in [-0.39, 0.29) is 17.4 Å². The maximum absolute atomic E-state index is 13.0. The molecule has 1 unspecified atom stereocenters. The standard InChI is InChI=1S/C24H27ClN6O2S/c1-17(32)28(2)20-12-27-31(14-20)23(33)30-9-6-24(16-30)5-8-29(15-24)13-19-4-3-18(11-21(19)25)22-26-7-10-34-22/h3-4,7,10-12,14H,5-6,8-9,13,15-16H2,1-2H3. The Labute approximate surface area is 207 Å². The molecule has 10 heteroatoms. The Morgan fingerprint density at radius 1 is 1.24 bits per heavy atom. The molecule has 1 atom stereocenters. The van der Waals surface area contributed by atoms with Gasteiger partial charge in [0.25, 0.3) is 0 Å². The summed E-state index contributed by atoms with van der Waals surface area (Å²) >= 11 is 8.22. The van der Waals surface area contributed by atoms with Gasteiger partial charge in [-0.15, -0.1) is 11.3 Å². The van der Waals surface area contributed by atoms with Gasteiger partial charge in [-0.3, -0.25) is 9.69 Å².